The normalized spacial score (nSPS) is 23.3. The molecule has 2 fully saturated rings. The fourth-order valence-electron chi connectivity index (χ4n) is 3.54. The van der Waals surface area contributed by atoms with E-state index in [4.69, 9.17) is 5.73 Å². The molecule has 0 radical (unpaired) electrons. The Bertz CT molecular complexity index is 665. The van der Waals surface area contributed by atoms with Crippen molar-refractivity contribution < 1.29 is 34.2 Å². The lowest BCUT2D eigenvalue weighted by atomic mass is 10.1. The SMILES string of the molecule is NC(=O)C[C@H](NC(=O)[C@@H]1CCCN1)C(=O)N[C@@H](CO)C(=O)N1CCC[C@H]1C(=O)O. The van der Waals surface area contributed by atoms with Crippen LogP contribution < -0.4 is 21.7 Å². The predicted molar refractivity (Wildman–Crippen MR) is 98.2 cm³/mol. The van der Waals surface area contributed by atoms with Gasteiger partial charge in [0.15, 0.2) is 0 Å². The van der Waals surface area contributed by atoms with Gasteiger partial charge in [0, 0.05) is 6.54 Å². The standard InChI is InChI=1S/C17H27N5O7/c18-13(24)7-10(20-14(25)9-3-1-5-19-9)15(26)21-11(8-23)16(27)22-6-2-4-12(22)17(28)29/h9-12,19,23H,1-8H2,(H2,18,24)(H,20,25)(H,21,26)(H,28,29)/t9-,10-,11-,12-/m0/s1. The maximum Gasteiger partial charge on any atom is 0.326 e. The summed E-state index contributed by atoms with van der Waals surface area (Å²) in [5.41, 5.74) is 5.16. The largest absolute Gasteiger partial charge is 0.480 e. The van der Waals surface area contributed by atoms with Crippen molar-refractivity contribution in [2.24, 2.45) is 5.73 Å². The van der Waals surface area contributed by atoms with E-state index in [0.717, 1.165) is 11.3 Å². The third-order valence-electron chi connectivity index (χ3n) is 5.03. The van der Waals surface area contributed by atoms with Crippen LogP contribution in [-0.4, -0.2) is 88.6 Å². The van der Waals surface area contributed by atoms with Gasteiger partial charge < -0.3 is 36.8 Å². The zero-order chi connectivity index (χ0) is 21.6. The molecule has 12 heteroatoms. The van der Waals surface area contributed by atoms with Gasteiger partial charge in [-0.3, -0.25) is 19.2 Å². The van der Waals surface area contributed by atoms with Crippen LogP contribution in [0.3, 0.4) is 0 Å². The highest BCUT2D eigenvalue weighted by atomic mass is 16.4. The fraction of sp³-hybridized carbons (Fsp3) is 0.706. The molecule has 162 valence electrons. The summed E-state index contributed by atoms with van der Waals surface area (Å²) in [6, 6.07) is -4.24. The van der Waals surface area contributed by atoms with E-state index >= 15 is 0 Å². The summed E-state index contributed by atoms with van der Waals surface area (Å²) in [5.74, 6) is -4.08. The van der Waals surface area contributed by atoms with Crippen molar-refractivity contribution in [3.05, 3.63) is 0 Å². The van der Waals surface area contributed by atoms with Crippen molar-refractivity contribution >= 4 is 29.6 Å². The van der Waals surface area contributed by atoms with Crippen LogP contribution in [0.2, 0.25) is 0 Å². The number of amides is 4. The first-order chi connectivity index (χ1) is 13.7. The Labute approximate surface area is 167 Å². The molecule has 0 unspecified atom stereocenters. The Balaban J connectivity index is 2.04. The van der Waals surface area contributed by atoms with Gasteiger partial charge in [0.05, 0.1) is 19.1 Å². The van der Waals surface area contributed by atoms with Crippen LogP contribution in [0.4, 0.5) is 0 Å². The molecule has 2 heterocycles. The van der Waals surface area contributed by atoms with Gasteiger partial charge in [0.2, 0.25) is 23.6 Å². The van der Waals surface area contributed by atoms with Crippen molar-refractivity contribution in [3.8, 4) is 0 Å². The molecule has 2 saturated heterocycles. The van der Waals surface area contributed by atoms with Crippen molar-refractivity contribution in [3.63, 3.8) is 0 Å². The van der Waals surface area contributed by atoms with E-state index in [0.29, 0.717) is 19.4 Å². The van der Waals surface area contributed by atoms with E-state index in [1.54, 1.807) is 0 Å². The molecule has 7 N–H and O–H groups in total. The molecule has 0 aromatic rings. The smallest absolute Gasteiger partial charge is 0.326 e. The quantitative estimate of drug-likeness (QED) is 0.226. The van der Waals surface area contributed by atoms with Crippen LogP contribution in [0.25, 0.3) is 0 Å². The highest BCUT2D eigenvalue weighted by molar-refractivity contribution is 5.96. The second-order valence-corrected chi connectivity index (χ2v) is 7.15. The highest BCUT2D eigenvalue weighted by Crippen LogP contribution is 2.18. The monoisotopic (exact) mass is 413 g/mol. The number of carbonyl (C=O) groups is 5. The van der Waals surface area contributed by atoms with Gasteiger partial charge in [-0.2, -0.15) is 0 Å². The second-order valence-electron chi connectivity index (χ2n) is 7.15. The van der Waals surface area contributed by atoms with Crippen LogP contribution in [0.5, 0.6) is 0 Å². The number of carboxylic acid groups (broad SMARTS) is 1. The Hall–Kier alpha value is -2.73. The minimum atomic E-state index is -1.40. The van der Waals surface area contributed by atoms with E-state index in [1.807, 2.05) is 0 Å². The lowest BCUT2D eigenvalue weighted by Crippen LogP contribution is -2.58. The molecule has 0 aromatic carbocycles. The summed E-state index contributed by atoms with van der Waals surface area (Å²) < 4.78 is 0. The molecular weight excluding hydrogens is 386 g/mol. The number of carbonyl (C=O) groups excluding carboxylic acids is 4. The zero-order valence-corrected chi connectivity index (χ0v) is 15.9. The minimum Gasteiger partial charge on any atom is -0.480 e. The van der Waals surface area contributed by atoms with Gasteiger partial charge in [0.1, 0.15) is 18.1 Å². The molecule has 0 aromatic heterocycles. The van der Waals surface area contributed by atoms with E-state index in [2.05, 4.69) is 16.0 Å². The van der Waals surface area contributed by atoms with Gasteiger partial charge >= 0.3 is 5.97 Å². The molecule has 4 atom stereocenters. The molecule has 29 heavy (non-hydrogen) atoms. The summed E-state index contributed by atoms with van der Waals surface area (Å²) in [5, 5.41) is 26.4. The molecule has 2 aliphatic rings. The predicted octanol–water partition coefficient (Wildman–Crippen LogP) is -3.35. The van der Waals surface area contributed by atoms with E-state index in [9.17, 15) is 34.2 Å². The zero-order valence-electron chi connectivity index (χ0n) is 15.9. The van der Waals surface area contributed by atoms with Crippen LogP contribution in [0.15, 0.2) is 0 Å². The Morgan fingerprint density at radius 1 is 1.10 bits per heavy atom. The molecule has 4 amide bonds. The first kappa shape index (κ1) is 22.6. The molecule has 2 aliphatic heterocycles. The second kappa shape index (κ2) is 10.2. The molecule has 0 saturated carbocycles. The number of primary amides is 1. The lowest BCUT2D eigenvalue weighted by Gasteiger charge is -2.27. The average Bonchev–Trinajstić information content (AvgIpc) is 3.36. The molecular formula is C17H27N5O7. The third-order valence-corrected chi connectivity index (χ3v) is 5.03. The number of aliphatic hydroxyl groups is 1. The number of nitrogens with two attached hydrogens (primary N) is 1. The number of carboxylic acids is 1. The third kappa shape index (κ3) is 5.87. The van der Waals surface area contributed by atoms with Crippen LogP contribution in [0.1, 0.15) is 32.1 Å². The van der Waals surface area contributed by atoms with Crippen molar-refractivity contribution in [1.29, 1.82) is 0 Å². The van der Waals surface area contributed by atoms with Gasteiger partial charge in [-0.1, -0.05) is 0 Å². The van der Waals surface area contributed by atoms with Crippen LogP contribution >= 0.6 is 0 Å². The summed E-state index contributed by atoms with van der Waals surface area (Å²) >= 11 is 0. The summed E-state index contributed by atoms with van der Waals surface area (Å²) in [6.07, 6.45) is 1.66. The molecule has 12 nitrogen and oxygen atoms in total. The maximum atomic E-state index is 12.6. The van der Waals surface area contributed by atoms with E-state index in [-0.39, 0.29) is 13.0 Å². The number of nitrogens with zero attached hydrogens (tertiary/aromatic N) is 1. The topological polar surface area (TPSA) is 191 Å². The van der Waals surface area contributed by atoms with Crippen LogP contribution in [-0.2, 0) is 24.0 Å². The number of rotatable bonds is 9. The number of aliphatic hydroxyl groups excluding tert-OH is 1. The Morgan fingerprint density at radius 2 is 1.83 bits per heavy atom. The number of hydrogen-bond acceptors (Lipinski definition) is 7. The number of likely N-dealkylation sites (tertiary alicyclic amines) is 1. The van der Waals surface area contributed by atoms with E-state index in [1.165, 1.54) is 0 Å². The highest BCUT2D eigenvalue weighted by Gasteiger charge is 2.38. The Kier molecular flexibility index (Phi) is 7.91. The van der Waals surface area contributed by atoms with Gasteiger partial charge in [-0.25, -0.2) is 4.79 Å². The van der Waals surface area contributed by atoms with Crippen LogP contribution in [0, 0.1) is 0 Å². The van der Waals surface area contributed by atoms with Crippen molar-refractivity contribution in [1.82, 2.24) is 20.9 Å². The number of nitrogens with one attached hydrogen (secondary N) is 3. The first-order valence-electron chi connectivity index (χ1n) is 9.51. The minimum absolute atomic E-state index is 0.191. The average molecular weight is 413 g/mol. The van der Waals surface area contributed by atoms with Gasteiger partial charge in [-0.05, 0) is 32.2 Å². The number of hydrogen-bond donors (Lipinski definition) is 6. The molecule has 0 spiro atoms. The van der Waals surface area contributed by atoms with Gasteiger partial charge in [0.25, 0.3) is 0 Å². The fourth-order valence-corrected chi connectivity index (χ4v) is 3.54. The molecule has 0 aliphatic carbocycles. The van der Waals surface area contributed by atoms with E-state index < -0.39 is 66.8 Å². The number of aliphatic carboxylic acids is 1. The summed E-state index contributed by atoms with van der Waals surface area (Å²) in [6.45, 7) is 0.0816. The van der Waals surface area contributed by atoms with Gasteiger partial charge in [-0.15, -0.1) is 0 Å². The molecule has 0 bridgehead atoms. The summed E-state index contributed by atoms with van der Waals surface area (Å²) in [4.78, 5) is 61.1. The maximum absolute atomic E-state index is 12.6. The Morgan fingerprint density at radius 3 is 2.38 bits per heavy atom. The molecule has 2 rings (SSSR count). The summed E-state index contributed by atoms with van der Waals surface area (Å²) in [7, 11) is 0. The first-order valence-corrected chi connectivity index (χ1v) is 9.51. The lowest BCUT2D eigenvalue weighted by molar-refractivity contribution is -0.150. The van der Waals surface area contributed by atoms with Crippen molar-refractivity contribution in [2.45, 2.75) is 56.3 Å². The van der Waals surface area contributed by atoms with Crippen molar-refractivity contribution in [2.75, 3.05) is 19.7 Å².